The van der Waals surface area contributed by atoms with Crippen LogP contribution in [0.15, 0.2) is 67.0 Å². The Balaban J connectivity index is 1.42. The molecule has 0 aliphatic rings. The first-order valence-electron chi connectivity index (χ1n) is 10.4. The molecule has 0 unspecified atom stereocenters. The van der Waals surface area contributed by atoms with Gasteiger partial charge in [0.25, 0.3) is 0 Å². The fourth-order valence-corrected chi connectivity index (χ4v) is 3.40. The van der Waals surface area contributed by atoms with Crippen LogP contribution in [-0.2, 0) is 12.6 Å². The summed E-state index contributed by atoms with van der Waals surface area (Å²) < 4.78 is 70.4. The van der Waals surface area contributed by atoms with Gasteiger partial charge in [0, 0.05) is 30.2 Å². The van der Waals surface area contributed by atoms with Crippen molar-refractivity contribution in [3.8, 4) is 11.5 Å². The number of aryl methyl sites for hydroxylation is 1. The number of anilines is 2. The number of carbonyl (C=O) groups is 1. The number of H-pyrrole nitrogens is 1. The number of nitrogens with zero attached hydrogens (tertiary/aromatic N) is 1. The van der Waals surface area contributed by atoms with Gasteiger partial charge in [0.05, 0.1) is 10.9 Å². The van der Waals surface area contributed by atoms with Crippen LogP contribution in [0.5, 0.6) is 11.5 Å². The molecule has 2 amide bonds. The van der Waals surface area contributed by atoms with Gasteiger partial charge >= 0.3 is 12.2 Å². The highest BCUT2D eigenvalue weighted by Crippen LogP contribution is 2.33. The third kappa shape index (κ3) is 6.25. The average Bonchev–Trinajstić information content (AvgIpc) is 3.28. The molecule has 0 aliphatic heterocycles. The van der Waals surface area contributed by atoms with Crippen molar-refractivity contribution in [3.63, 3.8) is 0 Å². The molecular formula is C24H19F5N4O2. The number of benzene rings is 2. The molecule has 2 aromatic heterocycles. The SMILES string of the molecule is O=C(Nc1ccc(Oc2ccnc3[nH]ccc23)cc1)Nc1cc(CCC(F)F)cc(C(F)(F)F)c1. The first-order valence-corrected chi connectivity index (χ1v) is 10.4. The summed E-state index contributed by atoms with van der Waals surface area (Å²) in [4.78, 5) is 19.5. The largest absolute Gasteiger partial charge is 0.457 e. The Morgan fingerprint density at radius 1 is 1.00 bits per heavy atom. The second-order valence-corrected chi connectivity index (χ2v) is 7.60. The van der Waals surface area contributed by atoms with Crippen molar-refractivity contribution in [2.45, 2.75) is 25.4 Å². The number of urea groups is 1. The first kappa shape index (κ1) is 24.0. The first-order chi connectivity index (χ1) is 16.7. The minimum Gasteiger partial charge on any atom is -0.457 e. The number of nitrogens with one attached hydrogen (secondary N) is 3. The summed E-state index contributed by atoms with van der Waals surface area (Å²) in [7, 11) is 0. The molecule has 4 rings (SSSR count). The quantitative estimate of drug-likeness (QED) is 0.240. The van der Waals surface area contributed by atoms with Gasteiger partial charge in [0.15, 0.2) is 0 Å². The second-order valence-electron chi connectivity index (χ2n) is 7.60. The van der Waals surface area contributed by atoms with Crippen LogP contribution in [0, 0.1) is 0 Å². The van der Waals surface area contributed by atoms with Crippen LogP contribution in [0.25, 0.3) is 11.0 Å². The summed E-state index contributed by atoms with van der Waals surface area (Å²) >= 11 is 0. The molecule has 0 saturated heterocycles. The topological polar surface area (TPSA) is 79.0 Å². The number of ether oxygens (including phenoxy) is 1. The Bertz CT molecular complexity index is 1320. The van der Waals surface area contributed by atoms with Crippen molar-refractivity contribution >= 4 is 28.4 Å². The Morgan fingerprint density at radius 2 is 1.74 bits per heavy atom. The molecule has 2 aromatic carbocycles. The van der Waals surface area contributed by atoms with Gasteiger partial charge in [0.2, 0.25) is 6.43 Å². The van der Waals surface area contributed by atoms with Crippen LogP contribution in [0.2, 0.25) is 0 Å². The molecule has 35 heavy (non-hydrogen) atoms. The summed E-state index contributed by atoms with van der Waals surface area (Å²) in [6, 6.07) is 11.9. The van der Waals surface area contributed by atoms with Gasteiger partial charge in [-0.3, -0.25) is 0 Å². The van der Waals surface area contributed by atoms with E-state index >= 15 is 0 Å². The molecule has 3 N–H and O–H groups in total. The van der Waals surface area contributed by atoms with Gasteiger partial charge in [-0.2, -0.15) is 13.2 Å². The molecule has 0 saturated carbocycles. The molecule has 0 aliphatic carbocycles. The lowest BCUT2D eigenvalue weighted by molar-refractivity contribution is -0.137. The van der Waals surface area contributed by atoms with Gasteiger partial charge < -0.3 is 20.4 Å². The van der Waals surface area contributed by atoms with Crippen molar-refractivity contribution in [1.82, 2.24) is 9.97 Å². The average molecular weight is 490 g/mol. The normalized spacial score (nSPS) is 11.6. The van der Waals surface area contributed by atoms with Crippen LogP contribution < -0.4 is 15.4 Å². The summed E-state index contributed by atoms with van der Waals surface area (Å²) in [5.41, 5.74) is -0.112. The Kier molecular flexibility index (Phi) is 6.85. The summed E-state index contributed by atoms with van der Waals surface area (Å²) in [6.45, 7) is 0. The molecule has 0 spiro atoms. The highest BCUT2D eigenvalue weighted by Gasteiger charge is 2.31. The van der Waals surface area contributed by atoms with Crippen molar-refractivity contribution in [2.75, 3.05) is 10.6 Å². The number of halogens is 5. The summed E-state index contributed by atoms with van der Waals surface area (Å²) in [5, 5.41) is 5.63. The number of aromatic nitrogens is 2. The fourth-order valence-electron chi connectivity index (χ4n) is 3.40. The maximum atomic E-state index is 13.2. The lowest BCUT2D eigenvalue weighted by atomic mass is 10.0. The molecule has 0 atom stereocenters. The lowest BCUT2D eigenvalue weighted by Crippen LogP contribution is -2.20. The van der Waals surface area contributed by atoms with Gasteiger partial charge in [-0.05, 0) is 66.6 Å². The Morgan fingerprint density at radius 3 is 2.46 bits per heavy atom. The van der Waals surface area contributed by atoms with Gasteiger partial charge in [-0.25, -0.2) is 18.6 Å². The highest BCUT2D eigenvalue weighted by atomic mass is 19.4. The number of hydrogen-bond acceptors (Lipinski definition) is 3. The third-order valence-corrected chi connectivity index (χ3v) is 4.99. The van der Waals surface area contributed by atoms with E-state index in [1.165, 1.54) is 6.07 Å². The van der Waals surface area contributed by atoms with Gasteiger partial charge in [-0.1, -0.05) is 0 Å². The number of rotatable bonds is 7. The maximum absolute atomic E-state index is 13.2. The Hall–Kier alpha value is -4.15. The van der Waals surface area contributed by atoms with E-state index in [-0.39, 0.29) is 17.7 Å². The summed E-state index contributed by atoms with van der Waals surface area (Å²) in [6.07, 6.45) is -4.85. The van der Waals surface area contributed by atoms with Crippen LogP contribution in [-0.4, -0.2) is 22.4 Å². The number of fused-ring (bicyclic) bond motifs is 1. The zero-order chi connectivity index (χ0) is 25.0. The lowest BCUT2D eigenvalue weighted by Gasteiger charge is -2.14. The maximum Gasteiger partial charge on any atom is 0.416 e. The van der Waals surface area contributed by atoms with Crippen molar-refractivity contribution in [1.29, 1.82) is 0 Å². The standard InChI is InChI=1S/C24H19F5N4O2/c25-21(26)6-1-14-11-15(24(27,28)29)13-17(12-14)33-23(34)32-16-2-4-18(5-3-16)35-20-8-10-31-22-19(20)7-9-30-22/h2-5,7-13,21H,1,6H2,(H,30,31)(H2,32,33,34). The minimum atomic E-state index is -4.69. The van der Waals surface area contributed by atoms with E-state index in [4.69, 9.17) is 4.74 Å². The van der Waals surface area contributed by atoms with Crippen LogP contribution in [0.4, 0.5) is 38.1 Å². The molecule has 6 nitrogen and oxygen atoms in total. The number of amides is 2. The molecule has 0 bridgehead atoms. The van der Waals surface area contributed by atoms with E-state index in [0.717, 1.165) is 17.5 Å². The van der Waals surface area contributed by atoms with Crippen LogP contribution in [0.3, 0.4) is 0 Å². The molecular weight excluding hydrogens is 471 g/mol. The molecule has 182 valence electrons. The van der Waals surface area contributed by atoms with Crippen molar-refractivity contribution in [2.24, 2.45) is 0 Å². The smallest absolute Gasteiger partial charge is 0.416 e. The van der Waals surface area contributed by atoms with Crippen LogP contribution in [0.1, 0.15) is 17.5 Å². The van der Waals surface area contributed by atoms with Gasteiger partial charge in [-0.15, -0.1) is 0 Å². The number of hydrogen-bond donors (Lipinski definition) is 3. The molecule has 11 heteroatoms. The van der Waals surface area contributed by atoms with Crippen LogP contribution >= 0.6 is 0 Å². The predicted molar refractivity (Wildman–Crippen MR) is 121 cm³/mol. The number of carbonyl (C=O) groups excluding carboxylic acids is 1. The zero-order valence-electron chi connectivity index (χ0n) is 18.0. The zero-order valence-corrected chi connectivity index (χ0v) is 18.0. The third-order valence-electron chi connectivity index (χ3n) is 4.99. The van der Waals surface area contributed by atoms with E-state index in [2.05, 4.69) is 20.6 Å². The summed E-state index contributed by atoms with van der Waals surface area (Å²) in [5.74, 6) is 1.08. The van der Waals surface area contributed by atoms with Gasteiger partial charge in [0.1, 0.15) is 17.1 Å². The molecule has 2 heterocycles. The minimum absolute atomic E-state index is 0.0459. The monoisotopic (exact) mass is 490 g/mol. The Labute approximate surface area is 196 Å². The van der Waals surface area contributed by atoms with E-state index in [9.17, 15) is 26.7 Å². The predicted octanol–water partition coefficient (Wildman–Crippen LogP) is 7.22. The highest BCUT2D eigenvalue weighted by molar-refractivity contribution is 5.99. The molecule has 0 fully saturated rings. The molecule has 0 radical (unpaired) electrons. The molecule has 4 aromatic rings. The van der Waals surface area contributed by atoms with E-state index in [0.29, 0.717) is 22.8 Å². The number of pyridine rings is 1. The number of alkyl halides is 5. The van der Waals surface area contributed by atoms with E-state index in [1.54, 1.807) is 42.7 Å². The van der Waals surface area contributed by atoms with Crippen molar-refractivity contribution < 1.29 is 31.5 Å². The van der Waals surface area contributed by atoms with E-state index in [1.807, 2.05) is 6.07 Å². The van der Waals surface area contributed by atoms with E-state index < -0.39 is 30.6 Å². The fraction of sp³-hybridized carbons (Fsp3) is 0.167. The van der Waals surface area contributed by atoms with Crippen molar-refractivity contribution in [3.05, 3.63) is 78.1 Å². The number of aromatic amines is 1. The second kappa shape index (κ2) is 10.00.